The molecular formula is C26H31N3O2. The highest BCUT2D eigenvalue weighted by atomic mass is 16.5. The lowest BCUT2D eigenvalue weighted by Crippen LogP contribution is -2.28. The Kier molecular flexibility index (Phi) is 6.82. The Labute approximate surface area is 184 Å². The van der Waals surface area contributed by atoms with Crippen LogP contribution in [0.2, 0.25) is 0 Å². The fourth-order valence-corrected chi connectivity index (χ4v) is 4.26. The first-order valence-corrected chi connectivity index (χ1v) is 11.2. The molecule has 0 bridgehead atoms. The summed E-state index contributed by atoms with van der Waals surface area (Å²) in [6.07, 6.45) is 4.27. The van der Waals surface area contributed by atoms with Crippen LogP contribution in [0.15, 0.2) is 65.5 Å². The van der Waals surface area contributed by atoms with Crippen molar-refractivity contribution in [2.24, 2.45) is 7.05 Å². The number of benzene rings is 2. The van der Waals surface area contributed by atoms with Crippen molar-refractivity contribution in [1.82, 2.24) is 14.7 Å². The average molecular weight is 418 g/mol. The SMILES string of the molecule is CC1CCCN1CCCOc1ccc(-c2cc(Cc3ccccc3)c(=O)n(C)n2)cc1. The molecule has 2 aromatic carbocycles. The van der Waals surface area contributed by atoms with E-state index in [1.54, 1.807) is 7.05 Å². The minimum Gasteiger partial charge on any atom is -0.494 e. The van der Waals surface area contributed by atoms with E-state index in [-0.39, 0.29) is 5.56 Å². The highest BCUT2D eigenvalue weighted by molar-refractivity contribution is 5.60. The van der Waals surface area contributed by atoms with Crippen LogP contribution >= 0.6 is 0 Å². The number of aromatic nitrogens is 2. The second-order valence-electron chi connectivity index (χ2n) is 8.40. The van der Waals surface area contributed by atoms with Gasteiger partial charge in [0.15, 0.2) is 0 Å². The molecule has 1 aliphatic rings. The third-order valence-electron chi connectivity index (χ3n) is 6.07. The zero-order valence-electron chi connectivity index (χ0n) is 18.5. The highest BCUT2D eigenvalue weighted by Crippen LogP contribution is 2.22. The Morgan fingerprint density at radius 3 is 2.58 bits per heavy atom. The van der Waals surface area contributed by atoms with Gasteiger partial charge in [-0.25, -0.2) is 4.68 Å². The van der Waals surface area contributed by atoms with Gasteiger partial charge in [-0.3, -0.25) is 4.79 Å². The van der Waals surface area contributed by atoms with Crippen LogP contribution in [0.5, 0.6) is 5.75 Å². The van der Waals surface area contributed by atoms with Crippen molar-refractivity contribution >= 4 is 0 Å². The number of likely N-dealkylation sites (tertiary alicyclic amines) is 1. The normalized spacial score (nSPS) is 16.5. The lowest BCUT2D eigenvalue weighted by molar-refractivity contribution is 0.230. The van der Waals surface area contributed by atoms with E-state index >= 15 is 0 Å². The molecule has 0 saturated carbocycles. The van der Waals surface area contributed by atoms with Crippen molar-refractivity contribution < 1.29 is 4.74 Å². The standard InChI is InChI=1S/C26H31N3O2/c1-20-8-6-15-29(20)16-7-17-31-24-13-11-22(12-14-24)25-19-23(26(30)28(2)27-25)18-21-9-4-3-5-10-21/h3-5,9-14,19-20H,6-8,15-18H2,1-2H3. The van der Waals surface area contributed by atoms with Crippen LogP contribution in [0.3, 0.4) is 0 Å². The van der Waals surface area contributed by atoms with Gasteiger partial charge in [0.05, 0.1) is 12.3 Å². The molecule has 4 rings (SSSR count). The molecule has 0 spiro atoms. The van der Waals surface area contributed by atoms with Gasteiger partial charge >= 0.3 is 0 Å². The second-order valence-corrected chi connectivity index (χ2v) is 8.40. The Balaban J connectivity index is 1.39. The van der Waals surface area contributed by atoms with Crippen LogP contribution < -0.4 is 10.3 Å². The minimum atomic E-state index is -0.0557. The topological polar surface area (TPSA) is 47.4 Å². The summed E-state index contributed by atoms with van der Waals surface area (Å²) in [6.45, 7) is 5.35. The Hall–Kier alpha value is -2.92. The number of hydrogen-bond donors (Lipinski definition) is 0. The van der Waals surface area contributed by atoms with E-state index in [0.717, 1.165) is 47.7 Å². The van der Waals surface area contributed by atoms with Crippen molar-refractivity contribution in [2.75, 3.05) is 19.7 Å². The van der Waals surface area contributed by atoms with Gasteiger partial charge in [-0.05, 0) is 68.6 Å². The number of nitrogens with zero attached hydrogens (tertiary/aromatic N) is 3. The molecular weight excluding hydrogens is 386 g/mol. The van der Waals surface area contributed by atoms with E-state index in [9.17, 15) is 4.79 Å². The fraction of sp³-hybridized carbons (Fsp3) is 0.385. The first kappa shape index (κ1) is 21.3. The van der Waals surface area contributed by atoms with Crippen LogP contribution in [0.4, 0.5) is 0 Å². The number of rotatable bonds is 8. The largest absolute Gasteiger partial charge is 0.494 e. The molecule has 5 nitrogen and oxygen atoms in total. The quantitative estimate of drug-likeness (QED) is 0.513. The Morgan fingerprint density at radius 1 is 1.10 bits per heavy atom. The van der Waals surface area contributed by atoms with Crippen molar-refractivity contribution in [1.29, 1.82) is 0 Å². The Morgan fingerprint density at radius 2 is 1.87 bits per heavy atom. The minimum absolute atomic E-state index is 0.0557. The van der Waals surface area contributed by atoms with E-state index in [2.05, 4.69) is 16.9 Å². The zero-order valence-corrected chi connectivity index (χ0v) is 18.5. The first-order valence-electron chi connectivity index (χ1n) is 11.2. The van der Waals surface area contributed by atoms with E-state index < -0.39 is 0 Å². The molecule has 0 amide bonds. The van der Waals surface area contributed by atoms with Gasteiger partial charge in [0.25, 0.3) is 5.56 Å². The van der Waals surface area contributed by atoms with E-state index in [1.807, 2.05) is 60.7 Å². The summed E-state index contributed by atoms with van der Waals surface area (Å²) in [5, 5.41) is 4.46. The van der Waals surface area contributed by atoms with Gasteiger partial charge in [-0.2, -0.15) is 5.10 Å². The molecule has 1 aliphatic heterocycles. The molecule has 0 N–H and O–H groups in total. The number of hydrogen-bond acceptors (Lipinski definition) is 4. The first-order chi connectivity index (χ1) is 15.1. The molecule has 31 heavy (non-hydrogen) atoms. The molecule has 3 aromatic rings. The van der Waals surface area contributed by atoms with Gasteiger partial charge in [0, 0.05) is 37.2 Å². The van der Waals surface area contributed by atoms with Crippen molar-refractivity contribution in [2.45, 2.75) is 38.6 Å². The van der Waals surface area contributed by atoms with Gasteiger partial charge in [0.1, 0.15) is 5.75 Å². The molecule has 1 aromatic heterocycles. The van der Waals surface area contributed by atoms with Gasteiger partial charge in [-0.1, -0.05) is 30.3 Å². The lowest BCUT2D eigenvalue weighted by atomic mass is 10.0. The predicted octanol–water partition coefficient (Wildman–Crippen LogP) is 4.29. The monoisotopic (exact) mass is 417 g/mol. The van der Waals surface area contributed by atoms with Crippen LogP contribution in [0, 0.1) is 0 Å². The summed E-state index contributed by atoms with van der Waals surface area (Å²) >= 11 is 0. The van der Waals surface area contributed by atoms with E-state index in [1.165, 1.54) is 24.1 Å². The molecule has 2 heterocycles. The van der Waals surface area contributed by atoms with Gasteiger partial charge < -0.3 is 9.64 Å². The van der Waals surface area contributed by atoms with E-state index in [0.29, 0.717) is 12.5 Å². The van der Waals surface area contributed by atoms with Gasteiger partial charge in [0.2, 0.25) is 0 Å². The smallest absolute Gasteiger partial charge is 0.270 e. The summed E-state index contributed by atoms with van der Waals surface area (Å²) in [5.41, 5.74) is 3.57. The number of aryl methyl sites for hydroxylation is 1. The number of ether oxygens (including phenoxy) is 1. The maximum Gasteiger partial charge on any atom is 0.270 e. The molecule has 1 atom stereocenters. The molecule has 162 valence electrons. The molecule has 1 unspecified atom stereocenters. The molecule has 0 aliphatic carbocycles. The molecule has 5 heteroatoms. The van der Waals surface area contributed by atoms with Crippen molar-refractivity contribution in [3.05, 3.63) is 82.1 Å². The maximum absolute atomic E-state index is 12.6. The van der Waals surface area contributed by atoms with Crippen molar-refractivity contribution in [3.8, 4) is 17.0 Å². The molecule has 1 saturated heterocycles. The molecule has 1 fully saturated rings. The summed E-state index contributed by atoms with van der Waals surface area (Å²) in [5.74, 6) is 0.868. The average Bonchev–Trinajstić information content (AvgIpc) is 3.20. The maximum atomic E-state index is 12.6. The molecule has 0 radical (unpaired) electrons. The van der Waals surface area contributed by atoms with Crippen LogP contribution in [0.1, 0.15) is 37.3 Å². The summed E-state index contributed by atoms with van der Waals surface area (Å²) < 4.78 is 7.36. The highest BCUT2D eigenvalue weighted by Gasteiger charge is 2.19. The third-order valence-corrected chi connectivity index (χ3v) is 6.07. The van der Waals surface area contributed by atoms with Crippen molar-refractivity contribution in [3.63, 3.8) is 0 Å². The second kappa shape index (κ2) is 9.92. The van der Waals surface area contributed by atoms with Crippen LogP contribution in [-0.2, 0) is 13.5 Å². The fourth-order valence-electron chi connectivity index (χ4n) is 4.26. The van der Waals surface area contributed by atoms with E-state index in [4.69, 9.17) is 4.74 Å². The lowest BCUT2D eigenvalue weighted by Gasteiger charge is -2.20. The third kappa shape index (κ3) is 5.42. The summed E-state index contributed by atoms with van der Waals surface area (Å²) in [7, 11) is 1.71. The zero-order chi connectivity index (χ0) is 21.6. The predicted molar refractivity (Wildman–Crippen MR) is 125 cm³/mol. The van der Waals surface area contributed by atoms with Crippen LogP contribution in [0.25, 0.3) is 11.3 Å². The Bertz CT molecular complexity index is 1040. The summed E-state index contributed by atoms with van der Waals surface area (Å²) in [6, 6.07) is 20.6. The van der Waals surface area contributed by atoms with Crippen LogP contribution in [-0.4, -0.2) is 40.4 Å². The van der Waals surface area contributed by atoms with Gasteiger partial charge in [-0.15, -0.1) is 0 Å². The summed E-state index contributed by atoms with van der Waals surface area (Å²) in [4.78, 5) is 15.1.